The topological polar surface area (TPSA) is 37.8 Å². The van der Waals surface area contributed by atoms with E-state index in [1.165, 1.54) is 11.3 Å². The minimum Gasteiger partial charge on any atom is -0.313 e. The third-order valence-electron chi connectivity index (χ3n) is 3.81. The Hall–Kier alpha value is -1.26. The van der Waals surface area contributed by atoms with Gasteiger partial charge in [-0.15, -0.1) is 0 Å². The van der Waals surface area contributed by atoms with Crippen molar-refractivity contribution in [3.05, 3.63) is 34.3 Å². The van der Waals surface area contributed by atoms with Crippen LogP contribution in [0.25, 0.3) is 11.4 Å². The number of hydrogen-bond acceptors (Lipinski definition) is 4. The SMILES string of the molecule is CNC1CC(C)(C)Cc2nc(-c3ccsc3)ncc21. The lowest BCUT2D eigenvalue weighted by Crippen LogP contribution is -2.32. The second kappa shape index (κ2) is 4.69. The van der Waals surface area contributed by atoms with E-state index >= 15 is 0 Å². The first-order valence-corrected chi connectivity index (χ1v) is 7.59. The highest BCUT2D eigenvalue weighted by Gasteiger charge is 2.32. The molecular weight excluding hydrogens is 254 g/mol. The highest BCUT2D eigenvalue weighted by molar-refractivity contribution is 7.08. The van der Waals surface area contributed by atoms with Gasteiger partial charge in [-0.25, -0.2) is 9.97 Å². The van der Waals surface area contributed by atoms with E-state index in [1.807, 2.05) is 13.2 Å². The van der Waals surface area contributed by atoms with Crippen LogP contribution in [0.3, 0.4) is 0 Å². The largest absolute Gasteiger partial charge is 0.313 e. The molecule has 4 heteroatoms. The summed E-state index contributed by atoms with van der Waals surface area (Å²) in [5, 5.41) is 7.56. The average Bonchev–Trinajstić information content (AvgIpc) is 2.89. The molecule has 0 aromatic carbocycles. The van der Waals surface area contributed by atoms with Gasteiger partial charge < -0.3 is 5.32 Å². The molecule has 0 fully saturated rings. The molecule has 100 valence electrons. The van der Waals surface area contributed by atoms with Gasteiger partial charge in [0.25, 0.3) is 0 Å². The molecule has 0 radical (unpaired) electrons. The molecule has 1 aliphatic carbocycles. The molecule has 0 bridgehead atoms. The Kier molecular flexibility index (Phi) is 3.15. The number of hydrogen-bond donors (Lipinski definition) is 1. The van der Waals surface area contributed by atoms with E-state index in [0.717, 1.165) is 24.2 Å². The van der Waals surface area contributed by atoms with Crippen LogP contribution in [0.5, 0.6) is 0 Å². The van der Waals surface area contributed by atoms with Gasteiger partial charge in [-0.2, -0.15) is 11.3 Å². The highest BCUT2D eigenvalue weighted by Crippen LogP contribution is 2.39. The van der Waals surface area contributed by atoms with E-state index in [9.17, 15) is 0 Å². The van der Waals surface area contributed by atoms with Gasteiger partial charge in [-0.1, -0.05) is 13.8 Å². The smallest absolute Gasteiger partial charge is 0.160 e. The molecular formula is C15H19N3S. The Bertz CT molecular complexity index is 575. The third kappa shape index (κ3) is 2.42. The lowest BCUT2D eigenvalue weighted by atomic mass is 9.74. The summed E-state index contributed by atoms with van der Waals surface area (Å²) >= 11 is 1.68. The first-order valence-electron chi connectivity index (χ1n) is 6.65. The zero-order valence-electron chi connectivity index (χ0n) is 11.6. The molecule has 2 aromatic heterocycles. The van der Waals surface area contributed by atoms with Crippen LogP contribution in [0.1, 0.15) is 37.6 Å². The zero-order valence-corrected chi connectivity index (χ0v) is 12.4. The molecule has 2 aromatic rings. The Morgan fingerprint density at radius 2 is 2.26 bits per heavy atom. The quantitative estimate of drug-likeness (QED) is 0.911. The standard InChI is InChI=1S/C15H19N3S/c1-15(2)6-12(16-3)11-8-17-14(18-13(11)7-15)10-4-5-19-9-10/h4-5,8-9,12,16H,6-7H2,1-3H3. The number of nitrogens with zero attached hydrogens (tertiary/aromatic N) is 2. The summed E-state index contributed by atoms with van der Waals surface area (Å²) in [5.41, 5.74) is 3.88. The van der Waals surface area contributed by atoms with E-state index in [1.54, 1.807) is 11.3 Å². The van der Waals surface area contributed by atoms with Gasteiger partial charge in [0.1, 0.15) is 0 Å². The Balaban J connectivity index is 2.04. The highest BCUT2D eigenvalue weighted by atomic mass is 32.1. The van der Waals surface area contributed by atoms with Crippen LogP contribution in [-0.2, 0) is 6.42 Å². The van der Waals surface area contributed by atoms with Crippen LogP contribution in [0.2, 0.25) is 0 Å². The molecule has 0 saturated heterocycles. The van der Waals surface area contributed by atoms with Gasteiger partial charge in [-0.3, -0.25) is 0 Å². The predicted octanol–water partition coefficient (Wildman–Crippen LogP) is 3.44. The first-order chi connectivity index (χ1) is 9.09. The second-order valence-corrected chi connectivity index (χ2v) is 6.77. The maximum atomic E-state index is 4.81. The molecule has 1 N–H and O–H groups in total. The monoisotopic (exact) mass is 273 g/mol. The predicted molar refractivity (Wildman–Crippen MR) is 79.2 cm³/mol. The molecule has 0 spiro atoms. The van der Waals surface area contributed by atoms with Crippen molar-refractivity contribution in [2.75, 3.05) is 7.05 Å². The molecule has 0 amide bonds. The molecule has 1 unspecified atom stereocenters. The summed E-state index contributed by atoms with van der Waals surface area (Å²) in [5.74, 6) is 0.854. The summed E-state index contributed by atoms with van der Waals surface area (Å²) in [6, 6.07) is 2.45. The third-order valence-corrected chi connectivity index (χ3v) is 4.49. The Labute approximate surface area is 118 Å². The number of rotatable bonds is 2. The van der Waals surface area contributed by atoms with Crippen molar-refractivity contribution in [3.8, 4) is 11.4 Å². The van der Waals surface area contributed by atoms with E-state index < -0.39 is 0 Å². The molecule has 3 rings (SSSR count). The molecule has 19 heavy (non-hydrogen) atoms. The Morgan fingerprint density at radius 1 is 1.42 bits per heavy atom. The fourth-order valence-corrected chi connectivity index (χ4v) is 3.47. The van der Waals surface area contributed by atoms with Crippen molar-refractivity contribution in [2.24, 2.45) is 5.41 Å². The van der Waals surface area contributed by atoms with Crippen LogP contribution in [0, 0.1) is 5.41 Å². The van der Waals surface area contributed by atoms with Crippen molar-refractivity contribution in [1.82, 2.24) is 15.3 Å². The maximum Gasteiger partial charge on any atom is 0.160 e. The minimum atomic E-state index is 0.293. The molecule has 2 heterocycles. The summed E-state index contributed by atoms with van der Waals surface area (Å²) in [7, 11) is 2.02. The second-order valence-electron chi connectivity index (χ2n) is 5.99. The molecule has 0 saturated carbocycles. The van der Waals surface area contributed by atoms with Gasteiger partial charge in [-0.05, 0) is 36.8 Å². The fraction of sp³-hybridized carbons (Fsp3) is 0.467. The Morgan fingerprint density at radius 3 is 2.95 bits per heavy atom. The molecule has 1 aliphatic rings. The van der Waals surface area contributed by atoms with E-state index in [-0.39, 0.29) is 0 Å². The van der Waals surface area contributed by atoms with E-state index in [2.05, 4.69) is 41.0 Å². The molecule has 0 aliphatic heterocycles. The van der Waals surface area contributed by atoms with Gasteiger partial charge >= 0.3 is 0 Å². The zero-order chi connectivity index (χ0) is 13.5. The van der Waals surface area contributed by atoms with Crippen LogP contribution in [0.4, 0.5) is 0 Å². The van der Waals surface area contributed by atoms with Gasteiger partial charge in [0, 0.05) is 34.4 Å². The van der Waals surface area contributed by atoms with Gasteiger partial charge in [0.05, 0.1) is 0 Å². The minimum absolute atomic E-state index is 0.293. The van der Waals surface area contributed by atoms with Gasteiger partial charge in [0.2, 0.25) is 0 Å². The van der Waals surface area contributed by atoms with Crippen molar-refractivity contribution >= 4 is 11.3 Å². The summed E-state index contributed by atoms with van der Waals surface area (Å²) in [6.45, 7) is 4.62. The lowest BCUT2D eigenvalue weighted by molar-refractivity contribution is 0.260. The van der Waals surface area contributed by atoms with Crippen molar-refractivity contribution in [3.63, 3.8) is 0 Å². The fourth-order valence-electron chi connectivity index (χ4n) is 2.84. The normalized spacial score (nSPS) is 21.1. The van der Waals surface area contributed by atoms with Crippen LogP contribution in [0.15, 0.2) is 23.0 Å². The van der Waals surface area contributed by atoms with Crippen LogP contribution >= 0.6 is 11.3 Å². The van der Waals surface area contributed by atoms with E-state index in [0.29, 0.717) is 11.5 Å². The summed E-state index contributed by atoms with van der Waals surface area (Å²) in [6.07, 6.45) is 4.17. The number of aromatic nitrogens is 2. The van der Waals surface area contributed by atoms with Crippen molar-refractivity contribution in [2.45, 2.75) is 32.7 Å². The van der Waals surface area contributed by atoms with E-state index in [4.69, 9.17) is 4.98 Å². The summed E-state index contributed by atoms with van der Waals surface area (Å²) in [4.78, 5) is 9.34. The summed E-state index contributed by atoms with van der Waals surface area (Å²) < 4.78 is 0. The van der Waals surface area contributed by atoms with Crippen molar-refractivity contribution < 1.29 is 0 Å². The van der Waals surface area contributed by atoms with Crippen LogP contribution in [-0.4, -0.2) is 17.0 Å². The number of fused-ring (bicyclic) bond motifs is 1. The van der Waals surface area contributed by atoms with Gasteiger partial charge in [0.15, 0.2) is 5.82 Å². The number of thiophene rings is 1. The molecule has 3 nitrogen and oxygen atoms in total. The lowest BCUT2D eigenvalue weighted by Gasteiger charge is -2.36. The maximum absolute atomic E-state index is 4.81. The number of nitrogens with one attached hydrogen (secondary N) is 1. The molecule has 1 atom stereocenters. The first kappa shape index (κ1) is 12.8. The van der Waals surface area contributed by atoms with Crippen molar-refractivity contribution in [1.29, 1.82) is 0 Å². The average molecular weight is 273 g/mol. The van der Waals surface area contributed by atoms with Crippen LogP contribution < -0.4 is 5.32 Å².